The molecule has 1 aromatic rings. The normalized spacial score (nSPS) is 35.8. The van der Waals surface area contributed by atoms with E-state index in [1.165, 1.54) is 0 Å². The lowest BCUT2D eigenvalue weighted by atomic mass is 9.36. The maximum atomic E-state index is 13.0. The van der Waals surface area contributed by atoms with Crippen LogP contribution in [0.5, 0.6) is 0 Å². The van der Waals surface area contributed by atoms with Crippen molar-refractivity contribution in [2.75, 3.05) is 6.61 Å². The van der Waals surface area contributed by atoms with E-state index in [9.17, 15) is 4.79 Å². The maximum absolute atomic E-state index is 13.0. The number of rotatable bonds is 2. The SMILES string of the molecule is CC1(C)OB([C@@]2(c3ccccc3)[C@H]3C(=O)OC[C@@H]3C=CC2(C)C)OC1(C)C. The van der Waals surface area contributed by atoms with Crippen LogP contribution in [0.3, 0.4) is 0 Å². The average molecular weight is 368 g/mol. The van der Waals surface area contributed by atoms with Crippen molar-refractivity contribution in [3.8, 4) is 0 Å². The van der Waals surface area contributed by atoms with Gasteiger partial charge in [-0.25, -0.2) is 0 Å². The molecule has 2 fully saturated rings. The van der Waals surface area contributed by atoms with Gasteiger partial charge in [0.25, 0.3) is 0 Å². The number of ether oxygens (including phenoxy) is 1. The molecule has 0 radical (unpaired) electrons. The van der Waals surface area contributed by atoms with Crippen molar-refractivity contribution in [1.29, 1.82) is 0 Å². The number of allylic oxidation sites excluding steroid dienone is 1. The van der Waals surface area contributed by atoms with E-state index < -0.39 is 23.6 Å². The number of carbonyl (C=O) groups excluding carboxylic acids is 1. The molecule has 0 N–H and O–H groups in total. The molecule has 2 aliphatic heterocycles. The second-order valence-electron chi connectivity index (χ2n) is 9.68. The third-order valence-electron chi connectivity index (χ3n) is 7.29. The van der Waals surface area contributed by atoms with Crippen LogP contribution < -0.4 is 0 Å². The summed E-state index contributed by atoms with van der Waals surface area (Å²) in [5.41, 5.74) is -0.254. The fourth-order valence-electron chi connectivity index (χ4n) is 5.01. The van der Waals surface area contributed by atoms with Gasteiger partial charge < -0.3 is 14.0 Å². The quantitative estimate of drug-likeness (QED) is 0.451. The van der Waals surface area contributed by atoms with Crippen molar-refractivity contribution in [3.63, 3.8) is 0 Å². The van der Waals surface area contributed by atoms with Gasteiger partial charge >= 0.3 is 13.1 Å². The smallest absolute Gasteiger partial charge is 0.465 e. The molecule has 27 heavy (non-hydrogen) atoms. The van der Waals surface area contributed by atoms with Crippen molar-refractivity contribution in [2.24, 2.45) is 17.3 Å². The van der Waals surface area contributed by atoms with Crippen molar-refractivity contribution in [3.05, 3.63) is 48.0 Å². The Hall–Kier alpha value is -1.59. The third-order valence-corrected chi connectivity index (χ3v) is 7.29. The summed E-state index contributed by atoms with van der Waals surface area (Å²) in [5.74, 6) is -0.463. The molecule has 1 aromatic carbocycles. The number of fused-ring (bicyclic) bond motifs is 1. The van der Waals surface area contributed by atoms with E-state index in [0.717, 1.165) is 5.56 Å². The van der Waals surface area contributed by atoms with E-state index >= 15 is 0 Å². The molecule has 0 spiro atoms. The van der Waals surface area contributed by atoms with Gasteiger partial charge in [-0.2, -0.15) is 0 Å². The van der Waals surface area contributed by atoms with Crippen LogP contribution in [0.1, 0.15) is 47.1 Å². The van der Waals surface area contributed by atoms with Crippen LogP contribution in [0, 0.1) is 17.3 Å². The predicted octanol–water partition coefficient (Wildman–Crippen LogP) is 3.94. The standard InChI is InChI=1S/C22H29BO4/c1-19(2)13-12-15-14-25-18(24)17(15)22(19,16-10-8-7-9-11-16)23-26-20(3,4)21(5,6)27-23/h7-13,15,17H,14H2,1-6H3/t15-,17+,22-/m0/s1. The van der Waals surface area contributed by atoms with E-state index in [-0.39, 0.29) is 23.2 Å². The van der Waals surface area contributed by atoms with E-state index in [2.05, 4.69) is 65.8 Å². The molecule has 0 aromatic heterocycles. The van der Waals surface area contributed by atoms with Crippen LogP contribution in [0.15, 0.2) is 42.5 Å². The second kappa shape index (κ2) is 5.71. The molecule has 144 valence electrons. The number of hydrogen-bond donors (Lipinski definition) is 0. The van der Waals surface area contributed by atoms with Gasteiger partial charge in [0.05, 0.1) is 29.0 Å². The molecule has 0 bridgehead atoms. The summed E-state index contributed by atoms with van der Waals surface area (Å²) in [6.07, 6.45) is 4.36. The van der Waals surface area contributed by atoms with Crippen molar-refractivity contribution >= 4 is 13.1 Å². The lowest BCUT2D eigenvalue weighted by molar-refractivity contribution is -0.143. The number of hydrogen-bond acceptors (Lipinski definition) is 4. The largest absolute Gasteiger partial charge is 0.470 e. The summed E-state index contributed by atoms with van der Waals surface area (Å²) >= 11 is 0. The van der Waals surface area contributed by atoms with Gasteiger partial charge in [0.2, 0.25) is 0 Å². The van der Waals surface area contributed by atoms with Crippen LogP contribution in [0.2, 0.25) is 0 Å². The highest BCUT2D eigenvalue weighted by Crippen LogP contribution is 2.60. The first-order valence-electron chi connectivity index (χ1n) is 9.80. The average Bonchev–Trinajstić information content (AvgIpc) is 3.05. The van der Waals surface area contributed by atoms with E-state index in [1.807, 2.05) is 18.2 Å². The second-order valence-corrected chi connectivity index (χ2v) is 9.68. The number of esters is 1. The van der Waals surface area contributed by atoms with E-state index in [1.54, 1.807) is 0 Å². The fraction of sp³-hybridized carbons (Fsp3) is 0.591. The first kappa shape index (κ1) is 18.8. The summed E-state index contributed by atoms with van der Waals surface area (Å²) in [6, 6.07) is 10.2. The molecular weight excluding hydrogens is 339 g/mol. The van der Waals surface area contributed by atoms with Gasteiger partial charge in [-0.1, -0.05) is 56.3 Å². The molecule has 0 amide bonds. The van der Waals surface area contributed by atoms with Gasteiger partial charge in [-0.15, -0.1) is 0 Å². The van der Waals surface area contributed by atoms with Crippen LogP contribution in [0.25, 0.3) is 0 Å². The molecule has 1 aliphatic carbocycles. The summed E-state index contributed by atoms with van der Waals surface area (Å²) in [4.78, 5) is 13.0. The molecule has 4 rings (SSSR count). The summed E-state index contributed by atoms with van der Waals surface area (Å²) in [7, 11) is -0.553. The van der Waals surface area contributed by atoms with Gasteiger partial charge in [0.15, 0.2) is 0 Å². The van der Waals surface area contributed by atoms with Crippen LogP contribution in [-0.2, 0) is 24.2 Å². The Bertz CT molecular complexity index is 767. The van der Waals surface area contributed by atoms with Gasteiger partial charge in [-0.05, 0) is 38.7 Å². The zero-order valence-corrected chi connectivity index (χ0v) is 17.1. The van der Waals surface area contributed by atoms with Crippen molar-refractivity contribution in [2.45, 2.75) is 58.1 Å². The van der Waals surface area contributed by atoms with Crippen LogP contribution in [0.4, 0.5) is 0 Å². The minimum Gasteiger partial charge on any atom is -0.465 e. The molecular formula is C22H29BO4. The zero-order chi connectivity index (χ0) is 19.7. The fourth-order valence-corrected chi connectivity index (χ4v) is 5.01. The Balaban J connectivity index is 1.98. The number of benzene rings is 1. The molecule has 2 heterocycles. The Kier molecular flexibility index (Phi) is 3.97. The Morgan fingerprint density at radius 1 is 0.963 bits per heavy atom. The first-order valence-corrected chi connectivity index (χ1v) is 9.80. The van der Waals surface area contributed by atoms with Crippen LogP contribution >= 0.6 is 0 Å². The zero-order valence-electron chi connectivity index (χ0n) is 17.1. The predicted molar refractivity (Wildman–Crippen MR) is 105 cm³/mol. The van der Waals surface area contributed by atoms with Gasteiger partial charge in [0.1, 0.15) is 0 Å². The lowest BCUT2D eigenvalue weighted by Gasteiger charge is -2.52. The lowest BCUT2D eigenvalue weighted by Crippen LogP contribution is -2.63. The molecule has 0 unspecified atom stereocenters. The minimum atomic E-state index is -0.674. The topological polar surface area (TPSA) is 44.8 Å². The highest BCUT2D eigenvalue weighted by atomic mass is 16.7. The van der Waals surface area contributed by atoms with Crippen molar-refractivity contribution < 1.29 is 18.8 Å². The van der Waals surface area contributed by atoms with Crippen LogP contribution in [-0.4, -0.2) is 30.9 Å². The number of cyclic esters (lactones) is 1. The van der Waals surface area contributed by atoms with Crippen molar-refractivity contribution in [1.82, 2.24) is 0 Å². The number of carbonyl (C=O) groups is 1. The Morgan fingerprint density at radius 2 is 1.56 bits per heavy atom. The highest BCUT2D eigenvalue weighted by molar-refractivity contribution is 6.51. The minimum absolute atomic E-state index is 0.0322. The highest BCUT2D eigenvalue weighted by Gasteiger charge is 2.71. The Labute approximate surface area is 162 Å². The molecule has 5 heteroatoms. The first-order chi connectivity index (χ1) is 12.5. The molecule has 2 saturated heterocycles. The summed E-state index contributed by atoms with van der Waals surface area (Å²) in [6.45, 7) is 13.0. The molecule has 0 saturated carbocycles. The third kappa shape index (κ3) is 2.41. The van der Waals surface area contributed by atoms with E-state index in [0.29, 0.717) is 6.61 Å². The van der Waals surface area contributed by atoms with Gasteiger partial charge in [0, 0.05) is 5.92 Å². The maximum Gasteiger partial charge on any atom is 0.470 e. The summed E-state index contributed by atoms with van der Waals surface area (Å²) in [5, 5.41) is -0.674. The molecule has 3 aliphatic rings. The van der Waals surface area contributed by atoms with E-state index in [4.69, 9.17) is 14.0 Å². The summed E-state index contributed by atoms with van der Waals surface area (Å²) < 4.78 is 18.7. The Morgan fingerprint density at radius 3 is 2.15 bits per heavy atom. The monoisotopic (exact) mass is 368 g/mol. The molecule has 3 atom stereocenters. The molecule has 4 nitrogen and oxygen atoms in total. The van der Waals surface area contributed by atoms with Gasteiger partial charge in [-0.3, -0.25) is 4.79 Å².